The number of halogens is 1. The van der Waals surface area contributed by atoms with E-state index in [0.29, 0.717) is 18.3 Å². The van der Waals surface area contributed by atoms with Crippen LogP contribution in [0.3, 0.4) is 0 Å². The lowest BCUT2D eigenvalue weighted by Crippen LogP contribution is -2.32. The number of hydrogen-bond donors (Lipinski definition) is 1. The van der Waals surface area contributed by atoms with Crippen LogP contribution >= 0.6 is 11.6 Å². The summed E-state index contributed by atoms with van der Waals surface area (Å²) >= 11 is 6.21. The lowest BCUT2D eigenvalue weighted by molar-refractivity contribution is 0.204. The van der Waals surface area contributed by atoms with Crippen LogP contribution < -0.4 is 5.73 Å². The first-order valence-corrected chi connectivity index (χ1v) is 8.98. The average Bonchev–Trinajstić information content (AvgIpc) is 2.62. The summed E-state index contributed by atoms with van der Waals surface area (Å²) in [6, 6.07) is 17.2. The third kappa shape index (κ3) is 3.95. The molecular weight excluding hydrogens is 304 g/mol. The van der Waals surface area contributed by atoms with Crippen molar-refractivity contribution in [3.8, 4) is 0 Å². The van der Waals surface area contributed by atoms with Crippen LogP contribution in [0, 0.1) is 0 Å². The Bertz CT molecular complexity index is 619. The SMILES string of the molecule is NCc1cccc(C2CCN(Cc3ccccc3)CC2)c1CCl. The molecule has 2 aromatic rings. The van der Waals surface area contributed by atoms with E-state index in [1.54, 1.807) is 0 Å². The quantitative estimate of drug-likeness (QED) is 0.831. The molecule has 1 fully saturated rings. The molecule has 1 heterocycles. The van der Waals surface area contributed by atoms with Crippen molar-refractivity contribution in [2.45, 2.75) is 37.7 Å². The largest absolute Gasteiger partial charge is 0.326 e. The van der Waals surface area contributed by atoms with Gasteiger partial charge in [0.1, 0.15) is 0 Å². The fourth-order valence-corrected chi connectivity index (χ4v) is 3.96. The summed E-state index contributed by atoms with van der Waals surface area (Å²) in [6.07, 6.45) is 2.40. The van der Waals surface area contributed by atoms with Gasteiger partial charge in [0.05, 0.1) is 0 Å². The van der Waals surface area contributed by atoms with Crippen LogP contribution in [0.1, 0.15) is 41.0 Å². The van der Waals surface area contributed by atoms with Crippen molar-refractivity contribution in [3.05, 3.63) is 70.8 Å². The van der Waals surface area contributed by atoms with E-state index in [1.807, 2.05) is 0 Å². The Kier molecular flexibility index (Phi) is 5.71. The van der Waals surface area contributed by atoms with Gasteiger partial charge in [-0.05, 0) is 54.1 Å². The maximum Gasteiger partial charge on any atom is 0.0480 e. The Morgan fingerprint density at radius 1 is 1.00 bits per heavy atom. The number of benzene rings is 2. The number of nitrogens with two attached hydrogens (primary N) is 1. The van der Waals surface area contributed by atoms with E-state index in [-0.39, 0.29) is 0 Å². The molecule has 0 aliphatic carbocycles. The van der Waals surface area contributed by atoms with Crippen molar-refractivity contribution in [2.75, 3.05) is 13.1 Å². The lowest BCUT2D eigenvalue weighted by atomic mass is 9.85. The normalized spacial score (nSPS) is 16.6. The van der Waals surface area contributed by atoms with Crippen molar-refractivity contribution in [2.24, 2.45) is 5.73 Å². The first-order valence-electron chi connectivity index (χ1n) is 8.44. The summed E-state index contributed by atoms with van der Waals surface area (Å²) in [7, 11) is 0. The Labute approximate surface area is 144 Å². The third-order valence-electron chi connectivity index (χ3n) is 4.94. The fourth-order valence-electron chi connectivity index (χ4n) is 3.63. The number of rotatable bonds is 5. The zero-order chi connectivity index (χ0) is 16.1. The van der Waals surface area contributed by atoms with Gasteiger partial charge in [0, 0.05) is 19.0 Å². The highest BCUT2D eigenvalue weighted by Gasteiger charge is 2.23. The number of piperidine rings is 1. The molecule has 0 aromatic heterocycles. The van der Waals surface area contributed by atoms with E-state index in [9.17, 15) is 0 Å². The summed E-state index contributed by atoms with van der Waals surface area (Å²) in [5.41, 5.74) is 11.1. The van der Waals surface area contributed by atoms with Gasteiger partial charge in [-0.3, -0.25) is 4.90 Å². The fraction of sp³-hybridized carbons (Fsp3) is 0.400. The molecule has 0 bridgehead atoms. The molecule has 1 saturated heterocycles. The van der Waals surface area contributed by atoms with Crippen molar-refractivity contribution in [1.82, 2.24) is 4.90 Å². The Hall–Kier alpha value is -1.35. The third-order valence-corrected chi connectivity index (χ3v) is 5.21. The second-order valence-electron chi connectivity index (χ2n) is 6.36. The molecular formula is C20H25ClN2. The molecule has 3 heteroatoms. The molecule has 0 amide bonds. The zero-order valence-corrected chi connectivity index (χ0v) is 14.3. The Balaban J connectivity index is 1.65. The smallest absolute Gasteiger partial charge is 0.0480 e. The lowest BCUT2D eigenvalue weighted by Gasteiger charge is -2.33. The van der Waals surface area contributed by atoms with Crippen molar-refractivity contribution in [3.63, 3.8) is 0 Å². The van der Waals surface area contributed by atoms with E-state index >= 15 is 0 Å². The van der Waals surface area contributed by atoms with Gasteiger partial charge in [-0.15, -0.1) is 11.6 Å². The molecule has 2 aromatic carbocycles. The van der Waals surface area contributed by atoms with Gasteiger partial charge >= 0.3 is 0 Å². The van der Waals surface area contributed by atoms with E-state index < -0.39 is 0 Å². The highest BCUT2D eigenvalue weighted by molar-refractivity contribution is 6.17. The number of hydrogen-bond acceptors (Lipinski definition) is 2. The first kappa shape index (κ1) is 16.5. The van der Waals surface area contributed by atoms with Crippen LogP contribution in [0.4, 0.5) is 0 Å². The van der Waals surface area contributed by atoms with Crippen LogP contribution in [0.15, 0.2) is 48.5 Å². The van der Waals surface area contributed by atoms with Gasteiger partial charge in [-0.25, -0.2) is 0 Å². The molecule has 0 radical (unpaired) electrons. The zero-order valence-electron chi connectivity index (χ0n) is 13.5. The van der Waals surface area contributed by atoms with Crippen LogP contribution in [-0.2, 0) is 19.0 Å². The molecule has 1 aliphatic heterocycles. The second kappa shape index (κ2) is 7.96. The summed E-state index contributed by atoms with van der Waals surface area (Å²) in [5.74, 6) is 1.18. The number of likely N-dealkylation sites (tertiary alicyclic amines) is 1. The Morgan fingerprint density at radius 2 is 1.74 bits per heavy atom. The minimum Gasteiger partial charge on any atom is -0.326 e. The predicted octanol–water partition coefficient (Wildman–Crippen LogP) is 4.26. The van der Waals surface area contributed by atoms with E-state index in [4.69, 9.17) is 17.3 Å². The summed E-state index contributed by atoms with van der Waals surface area (Å²) in [5, 5.41) is 0. The average molecular weight is 329 g/mol. The molecule has 0 atom stereocenters. The molecule has 3 rings (SSSR count). The number of nitrogens with zero attached hydrogens (tertiary/aromatic N) is 1. The minimum absolute atomic E-state index is 0.562. The maximum atomic E-state index is 6.21. The molecule has 1 aliphatic rings. The van der Waals surface area contributed by atoms with Gasteiger partial charge in [0.15, 0.2) is 0 Å². The van der Waals surface area contributed by atoms with Gasteiger partial charge in [-0.1, -0.05) is 48.5 Å². The van der Waals surface area contributed by atoms with Crippen LogP contribution in [0.2, 0.25) is 0 Å². The molecule has 2 nitrogen and oxygen atoms in total. The second-order valence-corrected chi connectivity index (χ2v) is 6.63. The molecule has 23 heavy (non-hydrogen) atoms. The Morgan fingerprint density at radius 3 is 2.39 bits per heavy atom. The minimum atomic E-state index is 0.562. The van der Waals surface area contributed by atoms with Crippen molar-refractivity contribution < 1.29 is 0 Å². The van der Waals surface area contributed by atoms with Gasteiger partial charge in [-0.2, -0.15) is 0 Å². The van der Waals surface area contributed by atoms with Crippen molar-refractivity contribution >= 4 is 11.6 Å². The summed E-state index contributed by atoms with van der Waals surface area (Å²) in [4.78, 5) is 2.55. The van der Waals surface area contributed by atoms with E-state index in [2.05, 4.69) is 53.4 Å². The monoisotopic (exact) mass is 328 g/mol. The molecule has 0 saturated carbocycles. The standard InChI is InChI=1S/C20H25ClN2/c21-13-20-18(14-22)7-4-8-19(20)17-9-11-23(12-10-17)15-16-5-2-1-3-6-16/h1-8,17H,9-15,22H2. The topological polar surface area (TPSA) is 29.3 Å². The van der Waals surface area contributed by atoms with E-state index in [0.717, 1.165) is 19.6 Å². The van der Waals surface area contributed by atoms with Gasteiger partial charge in [0.25, 0.3) is 0 Å². The van der Waals surface area contributed by atoms with Gasteiger partial charge < -0.3 is 5.73 Å². The highest BCUT2D eigenvalue weighted by Crippen LogP contribution is 2.33. The van der Waals surface area contributed by atoms with Gasteiger partial charge in [0.2, 0.25) is 0 Å². The summed E-state index contributed by atoms with van der Waals surface area (Å²) in [6.45, 7) is 3.92. The molecule has 0 spiro atoms. The highest BCUT2D eigenvalue weighted by atomic mass is 35.5. The van der Waals surface area contributed by atoms with Crippen LogP contribution in [-0.4, -0.2) is 18.0 Å². The van der Waals surface area contributed by atoms with Crippen LogP contribution in [0.5, 0.6) is 0 Å². The maximum absolute atomic E-state index is 6.21. The van der Waals surface area contributed by atoms with Crippen LogP contribution in [0.25, 0.3) is 0 Å². The van der Waals surface area contributed by atoms with E-state index in [1.165, 1.54) is 35.1 Å². The molecule has 0 unspecified atom stereocenters. The van der Waals surface area contributed by atoms with Crippen molar-refractivity contribution in [1.29, 1.82) is 0 Å². The molecule has 122 valence electrons. The molecule has 2 N–H and O–H groups in total. The number of alkyl halides is 1. The first-order chi connectivity index (χ1) is 11.3. The summed E-state index contributed by atoms with van der Waals surface area (Å²) < 4.78 is 0. The predicted molar refractivity (Wildman–Crippen MR) is 97.6 cm³/mol.